The first-order valence-electron chi connectivity index (χ1n) is 4.16. The molecule has 0 fully saturated rings. The van der Waals surface area contributed by atoms with Crippen LogP contribution in [0.5, 0.6) is 0 Å². The van der Waals surface area contributed by atoms with E-state index in [1.165, 1.54) is 6.07 Å². The molecule has 1 rings (SSSR count). The minimum atomic E-state index is -1.48. The maximum absolute atomic E-state index is 8.91. The molecule has 5 heteroatoms. The van der Waals surface area contributed by atoms with Gasteiger partial charge >= 0.3 is 7.12 Å². The van der Waals surface area contributed by atoms with Gasteiger partial charge in [0.1, 0.15) is 5.15 Å². The van der Waals surface area contributed by atoms with Crippen molar-refractivity contribution in [1.29, 1.82) is 0 Å². The molecule has 1 aromatic heterocycles. The molecule has 0 aliphatic heterocycles. The van der Waals surface area contributed by atoms with E-state index >= 15 is 0 Å². The topological polar surface area (TPSA) is 53.4 Å². The molecule has 0 bridgehead atoms. The normalized spacial score (nSPS) is 10.2. The number of aryl methyl sites for hydroxylation is 1. The summed E-state index contributed by atoms with van der Waals surface area (Å²) in [5, 5.41) is 18.1. The smallest absolute Gasteiger partial charge is 0.423 e. The molecule has 1 aromatic rings. The highest BCUT2D eigenvalue weighted by Crippen LogP contribution is 2.05. The average molecular weight is 199 g/mol. The first kappa shape index (κ1) is 10.5. The Kier molecular flexibility index (Phi) is 3.72. The Morgan fingerprint density at radius 3 is 2.69 bits per heavy atom. The fourth-order valence-electron chi connectivity index (χ4n) is 1.11. The average Bonchev–Trinajstić information content (AvgIpc) is 2.03. The monoisotopic (exact) mass is 199 g/mol. The molecular formula is C8H11BClNO2. The zero-order valence-corrected chi connectivity index (χ0v) is 8.12. The molecule has 0 aliphatic carbocycles. The van der Waals surface area contributed by atoms with Crippen molar-refractivity contribution in [3.8, 4) is 0 Å². The zero-order valence-electron chi connectivity index (χ0n) is 7.37. The molecule has 0 aromatic carbocycles. The van der Waals surface area contributed by atoms with Gasteiger partial charge in [0.25, 0.3) is 0 Å². The number of pyridine rings is 1. The van der Waals surface area contributed by atoms with E-state index in [1.807, 2.05) is 6.92 Å². The van der Waals surface area contributed by atoms with Crippen LogP contribution in [-0.2, 0) is 6.42 Å². The number of hydrogen-bond donors (Lipinski definition) is 2. The van der Waals surface area contributed by atoms with E-state index in [9.17, 15) is 0 Å². The van der Waals surface area contributed by atoms with Crippen LogP contribution in [0.25, 0.3) is 0 Å². The predicted molar refractivity (Wildman–Crippen MR) is 53.1 cm³/mol. The molecule has 70 valence electrons. The third kappa shape index (κ3) is 2.99. The number of halogens is 1. The highest BCUT2D eigenvalue weighted by atomic mass is 35.5. The SMILES string of the molecule is CCCc1cc(B(O)O)cc(Cl)n1. The number of aromatic nitrogens is 1. The summed E-state index contributed by atoms with van der Waals surface area (Å²) in [5.41, 5.74) is 1.18. The van der Waals surface area contributed by atoms with Gasteiger partial charge in [0.05, 0.1) is 0 Å². The van der Waals surface area contributed by atoms with Crippen molar-refractivity contribution in [2.45, 2.75) is 19.8 Å². The van der Waals surface area contributed by atoms with Crippen molar-refractivity contribution >= 4 is 24.2 Å². The van der Waals surface area contributed by atoms with E-state index in [1.54, 1.807) is 6.07 Å². The Morgan fingerprint density at radius 2 is 2.15 bits per heavy atom. The van der Waals surface area contributed by atoms with Crippen LogP contribution in [-0.4, -0.2) is 22.2 Å². The second kappa shape index (κ2) is 4.60. The van der Waals surface area contributed by atoms with Gasteiger partial charge in [0, 0.05) is 5.69 Å². The van der Waals surface area contributed by atoms with Gasteiger partial charge in [-0.15, -0.1) is 0 Å². The minimum absolute atomic E-state index is 0.300. The minimum Gasteiger partial charge on any atom is -0.423 e. The standard InChI is InChI=1S/C8H11BClNO2/c1-2-3-7-4-6(9(12)13)5-8(10)11-7/h4-5,12-13H,2-3H2,1H3. The van der Waals surface area contributed by atoms with Crippen LogP contribution in [0.1, 0.15) is 19.0 Å². The molecule has 0 saturated heterocycles. The van der Waals surface area contributed by atoms with E-state index in [2.05, 4.69) is 4.98 Å². The van der Waals surface area contributed by atoms with Crippen molar-refractivity contribution in [3.63, 3.8) is 0 Å². The van der Waals surface area contributed by atoms with Crippen LogP contribution in [0.2, 0.25) is 5.15 Å². The van der Waals surface area contributed by atoms with E-state index in [-0.39, 0.29) is 0 Å². The van der Waals surface area contributed by atoms with Crippen LogP contribution in [0, 0.1) is 0 Å². The Hall–Kier alpha value is -0.575. The second-order valence-electron chi connectivity index (χ2n) is 2.84. The molecule has 2 N–H and O–H groups in total. The van der Waals surface area contributed by atoms with Crippen molar-refractivity contribution < 1.29 is 10.0 Å². The van der Waals surface area contributed by atoms with Gasteiger partial charge in [-0.05, 0) is 24.0 Å². The van der Waals surface area contributed by atoms with Crippen LogP contribution in [0.15, 0.2) is 12.1 Å². The van der Waals surface area contributed by atoms with Gasteiger partial charge in [-0.1, -0.05) is 24.9 Å². The molecule has 0 radical (unpaired) electrons. The molecule has 0 saturated carbocycles. The van der Waals surface area contributed by atoms with Gasteiger partial charge in [-0.25, -0.2) is 4.98 Å². The number of rotatable bonds is 3. The third-order valence-electron chi connectivity index (χ3n) is 1.67. The van der Waals surface area contributed by atoms with Gasteiger partial charge in [0.2, 0.25) is 0 Å². The fourth-order valence-corrected chi connectivity index (χ4v) is 1.34. The molecule has 3 nitrogen and oxygen atoms in total. The third-order valence-corrected chi connectivity index (χ3v) is 1.87. The molecule has 1 heterocycles. The Balaban J connectivity index is 2.96. The van der Waals surface area contributed by atoms with E-state index in [4.69, 9.17) is 21.6 Å². The highest BCUT2D eigenvalue weighted by Gasteiger charge is 2.12. The molecule has 0 atom stereocenters. The quantitative estimate of drug-likeness (QED) is 0.546. The summed E-state index contributed by atoms with van der Waals surface area (Å²) in [6, 6.07) is 3.10. The first-order valence-corrected chi connectivity index (χ1v) is 4.53. The lowest BCUT2D eigenvalue weighted by molar-refractivity contribution is 0.425. The maximum atomic E-state index is 8.91. The Bertz CT molecular complexity index is 293. The molecular weight excluding hydrogens is 188 g/mol. The zero-order chi connectivity index (χ0) is 9.84. The van der Waals surface area contributed by atoms with Crippen molar-refractivity contribution in [2.24, 2.45) is 0 Å². The van der Waals surface area contributed by atoms with Gasteiger partial charge < -0.3 is 10.0 Å². The van der Waals surface area contributed by atoms with Crippen LogP contribution >= 0.6 is 11.6 Å². The van der Waals surface area contributed by atoms with Crippen molar-refractivity contribution in [1.82, 2.24) is 4.98 Å². The summed E-state index contributed by atoms with van der Waals surface area (Å²) in [6.07, 6.45) is 1.74. The fraction of sp³-hybridized carbons (Fsp3) is 0.375. The lowest BCUT2D eigenvalue weighted by Crippen LogP contribution is -2.30. The molecule has 0 spiro atoms. The van der Waals surface area contributed by atoms with E-state index in [0.717, 1.165) is 18.5 Å². The first-order chi connectivity index (χ1) is 6.13. The Morgan fingerprint density at radius 1 is 1.46 bits per heavy atom. The molecule has 0 unspecified atom stereocenters. The highest BCUT2D eigenvalue weighted by molar-refractivity contribution is 6.58. The molecule has 0 amide bonds. The Labute approximate surface area is 82.5 Å². The van der Waals surface area contributed by atoms with E-state index in [0.29, 0.717) is 10.6 Å². The molecule has 0 aliphatic rings. The number of hydrogen-bond acceptors (Lipinski definition) is 3. The van der Waals surface area contributed by atoms with Crippen LogP contribution in [0.3, 0.4) is 0 Å². The van der Waals surface area contributed by atoms with Gasteiger partial charge in [0.15, 0.2) is 0 Å². The summed E-state index contributed by atoms with van der Waals surface area (Å²) in [5.74, 6) is 0. The van der Waals surface area contributed by atoms with E-state index < -0.39 is 7.12 Å². The summed E-state index contributed by atoms with van der Waals surface area (Å²) in [6.45, 7) is 2.03. The van der Waals surface area contributed by atoms with Crippen LogP contribution in [0.4, 0.5) is 0 Å². The summed E-state index contributed by atoms with van der Waals surface area (Å²) in [7, 11) is -1.48. The lowest BCUT2D eigenvalue weighted by Gasteiger charge is -2.03. The predicted octanol–water partition coefficient (Wildman–Crippen LogP) is 0.367. The van der Waals surface area contributed by atoms with Crippen molar-refractivity contribution in [2.75, 3.05) is 0 Å². The van der Waals surface area contributed by atoms with Gasteiger partial charge in [-0.2, -0.15) is 0 Å². The summed E-state index contributed by atoms with van der Waals surface area (Å²) < 4.78 is 0. The van der Waals surface area contributed by atoms with Gasteiger partial charge in [-0.3, -0.25) is 0 Å². The largest absolute Gasteiger partial charge is 0.488 e. The molecule has 13 heavy (non-hydrogen) atoms. The summed E-state index contributed by atoms with van der Waals surface area (Å²) in [4.78, 5) is 4.05. The lowest BCUT2D eigenvalue weighted by atomic mass is 9.80. The maximum Gasteiger partial charge on any atom is 0.488 e. The second-order valence-corrected chi connectivity index (χ2v) is 3.23. The number of nitrogens with zero attached hydrogens (tertiary/aromatic N) is 1. The van der Waals surface area contributed by atoms with Crippen LogP contribution < -0.4 is 5.46 Å². The van der Waals surface area contributed by atoms with Crippen molar-refractivity contribution in [3.05, 3.63) is 23.0 Å². The summed E-state index contributed by atoms with van der Waals surface area (Å²) >= 11 is 5.70.